The van der Waals surface area contributed by atoms with E-state index in [4.69, 9.17) is 38.4 Å². The summed E-state index contributed by atoms with van der Waals surface area (Å²) in [4.78, 5) is 22.9. The van der Waals surface area contributed by atoms with Gasteiger partial charge in [-0.05, 0) is 118 Å². The Hall–Kier alpha value is -3.98. The second-order valence-electron chi connectivity index (χ2n) is 19.8. The Bertz CT molecular complexity index is 1950. The maximum Gasteiger partial charge on any atom is 0.410 e. The van der Waals surface area contributed by atoms with Crippen molar-refractivity contribution in [3.8, 4) is 17.2 Å². The largest absolute Gasteiger partial charge is 0.459 e. The fraction of sp³-hybridized carbons (Fsp3) is 0.684. The third kappa shape index (κ3) is 15.0. The lowest BCUT2D eigenvalue weighted by molar-refractivity contribution is -0.256. The number of amides is 1. The molecule has 70 heavy (non-hydrogen) atoms. The molecule has 0 bridgehead atoms. The van der Waals surface area contributed by atoms with Crippen molar-refractivity contribution in [2.24, 2.45) is 22.9 Å². The molecule has 0 radical (unpaired) electrons. The number of hydrogen-bond acceptors (Lipinski definition) is 12. The van der Waals surface area contributed by atoms with Gasteiger partial charge in [-0.15, -0.1) is 6.58 Å². The fourth-order valence-electron chi connectivity index (χ4n) is 11.1. The Kier molecular flexibility index (Phi) is 23.3. The predicted molar refractivity (Wildman–Crippen MR) is 273 cm³/mol. The molecule has 13 nitrogen and oxygen atoms in total. The molecule has 0 spiro atoms. The van der Waals surface area contributed by atoms with Crippen LogP contribution in [0.5, 0.6) is 17.2 Å². The summed E-state index contributed by atoms with van der Waals surface area (Å²) in [5.41, 5.74) is 4.91. The molecule has 1 saturated carbocycles. The van der Waals surface area contributed by atoms with E-state index >= 15 is 0 Å². The van der Waals surface area contributed by atoms with Gasteiger partial charge < -0.3 is 48.6 Å². The van der Waals surface area contributed by atoms with E-state index in [9.17, 15) is 20.1 Å². The van der Waals surface area contributed by atoms with Crippen molar-refractivity contribution in [2.75, 3.05) is 59.4 Å². The summed E-state index contributed by atoms with van der Waals surface area (Å²) >= 11 is 0. The summed E-state index contributed by atoms with van der Waals surface area (Å²) < 4.78 is 39.3. The first kappa shape index (κ1) is 55.3. The molecule has 2 fully saturated rings. The van der Waals surface area contributed by atoms with E-state index in [-0.39, 0.29) is 77.0 Å². The van der Waals surface area contributed by atoms with Crippen molar-refractivity contribution >= 4 is 11.8 Å². The molecule has 2 aromatic rings. The van der Waals surface area contributed by atoms with Crippen LogP contribution < -0.4 is 9.47 Å². The van der Waals surface area contributed by atoms with Gasteiger partial charge in [0.2, 0.25) is 12.1 Å². The van der Waals surface area contributed by atoms with Crippen molar-refractivity contribution in [1.29, 1.82) is 0 Å². The smallest absolute Gasteiger partial charge is 0.410 e. The van der Waals surface area contributed by atoms with Crippen LogP contribution in [0.4, 0.5) is 4.79 Å². The van der Waals surface area contributed by atoms with Crippen LogP contribution in [-0.4, -0.2) is 110 Å². The zero-order valence-electron chi connectivity index (χ0n) is 42.8. The molecule has 1 saturated heterocycles. The predicted octanol–water partition coefficient (Wildman–Crippen LogP) is 11.6. The van der Waals surface area contributed by atoms with Gasteiger partial charge in [0, 0.05) is 44.1 Å². The van der Waals surface area contributed by atoms with E-state index in [0.29, 0.717) is 43.1 Å². The number of ether oxygens (including phenoxy) is 6. The number of hydrogen-bond donors (Lipinski definition) is 3. The zero-order valence-corrected chi connectivity index (χ0v) is 42.8. The maximum absolute atomic E-state index is 14.9. The first-order valence-corrected chi connectivity index (χ1v) is 27.0. The Labute approximate surface area is 418 Å². The van der Waals surface area contributed by atoms with Crippen LogP contribution in [0.15, 0.2) is 65.9 Å². The van der Waals surface area contributed by atoms with Gasteiger partial charge in [0.05, 0.1) is 51.3 Å². The van der Waals surface area contributed by atoms with E-state index in [1.54, 1.807) is 11.0 Å². The van der Waals surface area contributed by atoms with E-state index in [2.05, 4.69) is 51.6 Å². The number of carbonyl (C=O) groups excluding carboxylic acids is 1. The van der Waals surface area contributed by atoms with E-state index < -0.39 is 30.1 Å². The van der Waals surface area contributed by atoms with Crippen molar-refractivity contribution in [1.82, 2.24) is 4.90 Å². The van der Waals surface area contributed by atoms with Crippen LogP contribution in [-0.2, 0) is 23.8 Å². The molecule has 2 aliphatic carbocycles. The van der Waals surface area contributed by atoms with Gasteiger partial charge in [0.15, 0.2) is 0 Å². The number of aliphatic hydroxyl groups is 3. The molecule has 1 amide bonds. The van der Waals surface area contributed by atoms with Crippen LogP contribution in [0.25, 0.3) is 0 Å². The third-order valence-electron chi connectivity index (χ3n) is 14.8. The molecule has 6 rings (SSSR count). The number of unbranched alkanes of at least 4 members (excludes halogenated alkanes) is 11. The minimum atomic E-state index is -1.47. The van der Waals surface area contributed by atoms with E-state index in [0.717, 1.165) is 80.2 Å². The van der Waals surface area contributed by atoms with Gasteiger partial charge in [-0.1, -0.05) is 101 Å². The third-order valence-corrected chi connectivity index (χ3v) is 14.8. The average Bonchev–Trinajstić information content (AvgIpc) is 3.37. The number of benzene rings is 2. The van der Waals surface area contributed by atoms with E-state index in [1.165, 1.54) is 50.5 Å². The average molecular weight is 975 g/mol. The van der Waals surface area contributed by atoms with Gasteiger partial charge in [-0.25, -0.2) is 4.79 Å². The normalized spacial score (nSPS) is 24.3. The van der Waals surface area contributed by atoms with Gasteiger partial charge >= 0.3 is 6.09 Å². The topological polar surface area (TPSA) is 158 Å². The second kappa shape index (κ2) is 29.5. The Morgan fingerprint density at radius 1 is 0.843 bits per heavy atom. The van der Waals surface area contributed by atoms with Crippen molar-refractivity contribution < 1.29 is 53.4 Å². The summed E-state index contributed by atoms with van der Waals surface area (Å²) in [6.07, 6.45) is 22.2. The first-order valence-electron chi connectivity index (χ1n) is 27.0. The summed E-state index contributed by atoms with van der Waals surface area (Å²) in [6, 6.07) is 11.3. The standard InChI is InChI=1S/C57H86N2O11/c1-5-7-8-9-10-11-12-13-14-20-35-66-56(63)59(29-36-64-37-32-62)52-41-50(58-70-53-24-17-21-34-65-53)48-39-44(22-15-18-30-60)47(23-16-19-31-61)54-49-40-46(68-45-26-25-42(3)43(4)38-45)27-28-51(49)69-57(52,55(48)54)67-33-6-2/h6,25-28,38-40,44,47,52-55,60-62H,2,5,7-24,29-37,41H2,1,3-4H3/t44-,47+,52-,53?,54+,55+,57+/m0/s1. The SMILES string of the molecule is C=CCO[C@@]12Oc3ccc(Oc4ccc(C)c(C)c4)cc3[C@H]3[C@H](CCCCO)[C@@H](CCCCO)C=C(C(=NOC4CCCCO4)C[C@@H]1N(CCOCCO)C(=O)OCCCCCCCCCCCC)[C@H]32. The summed E-state index contributed by atoms with van der Waals surface area (Å²) in [7, 11) is 0. The van der Waals surface area contributed by atoms with Crippen LogP contribution in [0.2, 0.25) is 0 Å². The van der Waals surface area contributed by atoms with Crippen molar-refractivity contribution in [3.05, 3.63) is 77.4 Å². The first-order chi connectivity index (χ1) is 34.3. The van der Waals surface area contributed by atoms with Gasteiger partial charge in [0.1, 0.15) is 23.3 Å². The highest BCUT2D eigenvalue weighted by Crippen LogP contribution is 2.62. The minimum Gasteiger partial charge on any atom is -0.459 e. The molecular formula is C57H86N2O11. The van der Waals surface area contributed by atoms with Gasteiger partial charge in [0.25, 0.3) is 0 Å². The molecule has 4 aliphatic rings. The Morgan fingerprint density at radius 2 is 1.57 bits per heavy atom. The van der Waals surface area contributed by atoms with Crippen LogP contribution in [0.3, 0.4) is 0 Å². The quantitative estimate of drug-likeness (QED) is 0.0364. The molecule has 7 atom stereocenters. The van der Waals surface area contributed by atoms with Crippen LogP contribution in [0, 0.1) is 31.6 Å². The van der Waals surface area contributed by atoms with Crippen molar-refractivity contribution in [3.63, 3.8) is 0 Å². The molecule has 1 unspecified atom stereocenters. The fourth-order valence-corrected chi connectivity index (χ4v) is 11.1. The van der Waals surface area contributed by atoms with Crippen LogP contribution in [0.1, 0.15) is 158 Å². The highest BCUT2D eigenvalue weighted by atomic mass is 16.8. The van der Waals surface area contributed by atoms with Crippen molar-refractivity contribution in [2.45, 2.75) is 173 Å². The molecule has 2 heterocycles. The minimum absolute atomic E-state index is 0.0393. The van der Waals surface area contributed by atoms with Gasteiger partial charge in [-0.2, -0.15) is 0 Å². The number of aliphatic hydroxyl groups excluding tert-OH is 3. The Morgan fingerprint density at radius 3 is 2.27 bits per heavy atom. The number of nitrogens with zero attached hydrogens (tertiary/aromatic N) is 2. The molecule has 3 N–H and O–H groups in total. The number of oxime groups is 1. The van der Waals surface area contributed by atoms with Gasteiger partial charge in [-0.3, -0.25) is 4.90 Å². The number of carbonyl (C=O) groups is 1. The number of rotatable bonds is 32. The Balaban J connectivity index is 1.45. The summed E-state index contributed by atoms with van der Waals surface area (Å²) in [6.45, 7) is 11.9. The molecule has 2 aromatic carbocycles. The monoisotopic (exact) mass is 975 g/mol. The molecule has 13 heteroatoms. The maximum atomic E-state index is 14.9. The molecule has 390 valence electrons. The number of aryl methyl sites for hydroxylation is 2. The zero-order chi connectivity index (χ0) is 49.6. The lowest BCUT2D eigenvalue weighted by Crippen LogP contribution is -2.70. The number of fused-ring (bicyclic) bond motifs is 2. The molecule has 2 aliphatic heterocycles. The van der Waals surface area contributed by atoms with E-state index in [1.807, 2.05) is 18.2 Å². The highest BCUT2D eigenvalue weighted by molar-refractivity contribution is 6.03. The molecule has 0 aromatic heterocycles. The second-order valence-corrected chi connectivity index (χ2v) is 19.8. The molecular weight excluding hydrogens is 889 g/mol. The van der Waals surface area contributed by atoms with Crippen LogP contribution >= 0.6 is 0 Å². The lowest BCUT2D eigenvalue weighted by Gasteiger charge is -2.59. The number of allylic oxidation sites excluding steroid dienone is 1. The summed E-state index contributed by atoms with van der Waals surface area (Å²) in [5.74, 6) is -0.0611. The lowest BCUT2D eigenvalue weighted by atomic mass is 9.55. The highest BCUT2D eigenvalue weighted by Gasteiger charge is 2.65. The summed E-state index contributed by atoms with van der Waals surface area (Å²) in [5, 5.41) is 34.8.